The summed E-state index contributed by atoms with van der Waals surface area (Å²) in [4.78, 5) is 0. The van der Waals surface area contributed by atoms with Crippen molar-refractivity contribution in [3.8, 4) is 11.8 Å². The molecule has 0 N–H and O–H groups in total. The van der Waals surface area contributed by atoms with Gasteiger partial charge in [0.25, 0.3) is 0 Å². The third-order valence-electron chi connectivity index (χ3n) is 2.98. The van der Waals surface area contributed by atoms with Crippen LogP contribution in [0.1, 0.15) is 25.7 Å². The monoisotopic (exact) mass is 219 g/mol. The number of nitrogens with zero attached hydrogens (tertiary/aromatic N) is 1. The van der Waals surface area contributed by atoms with Gasteiger partial charge in [-0.2, -0.15) is 5.26 Å². The third kappa shape index (κ3) is 2.33. The fourth-order valence-corrected chi connectivity index (χ4v) is 2.09. The van der Waals surface area contributed by atoms with Gasteiger partial charge in [0.2, 0.25) is 0 Å². The second kappa shape index (κ2) is 4.98. The Labute approximate surface area is 94.7 Å². The Hall–Kier alpha value is -1.56. The van der Waals surface area contributed by atoms with E-state index in [1.54, 1.807) is 18.2 Å². The lowest BCUT2D eigenvalue weighted by Crippen LogP contribution is -2.29. The van der Waals surface area contributed by atoms with E-state index in [0.717, 1.165) is 25.7 Å². The summed E-state index contributed by atoms with van der Waals surface area (Å²) in [5.41, 5.74) is 0. The van der Waals surface area contributed by atoms with Crippen LogP contribution in [0, 0.1) is 23.1 Å². The summed E-state index contributed by atoms with van der Waals surface area (Å²) in [6, 6.07) is 8.60. The fourth-order valence-electron chi connectivity index (χ4n) is 2.09. The molecule has 84 valence electrons. The zero-order valence-electron chi connectivity index (χ0n) is 9.03. The molecular formula is C13H14FNO. The molecule has 1 aliphatic carbocycles. The lowest BCUT2D eigenvalue weighted by atomic mass is 9.87. The Balaban J connectivity index is 2.09. The molecule has 1 aromatic rings. The predicted octanol–water partition coefficient (Wildman–Crippen LogP) is 3.29. The van der Waals surface area contributed by atoms with Gasteiger partial charge >= 0.3 is 0 Å². The molecule has 1 aliphatic rings. The number of hydrogen-bond donors (Lipinski definition) is 0. The van der Waals surface area contributed by atoms with Gasteiger partial charge < -0.3 is 4.74 Å². The van der Waals surface area contributed by atoms with Gasteiger partial charge in [-0.15, -0.1) is 0 Å². The molecule has 0 spiro atoms. The van der Waals surface area contributed by atoms with Gasteiger partial charge in [-0.3, -0.25) is 0 Å². The molecule has 16 heavy (non-hydrogen) atoms. The zero-order valence-corrected chi connectivity index (χ0v) is 9.03. The fraction of sp³-hybridized carbons (Fsp3) is 0.462. The van der Waals surface area contributed by atoms with Gasteiger partial charge in [-0.05, 0) is 31.4 Å². The number of para-hydroxylation sites is 1. The minimum atomic E-state index is -0.357. The van der Waals surface area contributed by atoms with E-state index in [-0.39, 0.29) is 23.6 Å². The summed E-state index contributed by atoms with van der Waals surface area (Å²) >= 11 is 0. The van der Waals surface area contributed by atoms with Crippen LogP contribution in [-0.2, 0) is 0 Å². The van der Waals surface area contributed by atoms with E-state index < -0.39 is 0 Å². The average Bonchev–Trinajstić information content (AvgIpc) is 2.33. The molecule has 1 fully saturated rings. The average molecular weight is 219 g/mol. The molecule has 0 saturated heterocycles. The largest absolute Gasteiger partial charge is 0.486 e. The SMILES string of the molecule is N#CC1CCCCC1Oc1ccccc1F. The van der Waals surface area contributed by atoms with Crippen LogP contribution in [0.15, 0.2) is 24.3 Å². The van der Waals surface area contributed by atoms with Gasteiger partial charge in [-0.1, -0.05) is 18.6 Å². The van der Waals surface area contributed by atoms with Crippen molar-refractivity contribution in [3.63, 3.8) is 0 Å². The number of ether oxygens (including phenoxy) is 1. The second-order valence-electron chi connectivity index (χ2n) is 4.11. The third-order valence-corrected chi connectivity index (χ3v) is 2.98. The lowest BCUT2D eigenvalue weighted by molar-refractivity contribution is 0.115. The van der Waals surface area contributed by atoms with Gasteiger partial charge in [0.15, 0.2) is 11.6 Å². The van der Waals surface area contributed by atoms with Gasteiger partial charge in [0.1, 0.15) is 6.10 Å². The van der Waals surface area contributed by atoms with Crippen LogP contribution in [0.5, 0.6) is 5.75 Å². The van der Waals surface area contributed by atoms with E-state index in [4.69, 9.17) is 10.00 Å². The topological polar surface area (TPSA) is 33.0 Å². The Kier molecular flexibility index (Phi) is 3.40. The highest BCUT2D eigenvalue weighted by Gasteiger charge is 2.27. The van der Waals surface area contributed by atoms with Gasteiger partial charge in [-0.25, -0.2) is 4.39 Å². The van der Waals surface area contributed by atoms with Crippen molar-refractivity contribution < 1.29 is 9.13 Å². The Morgan fingerprint density at radius 3 is 2.75 bits per heavy atom. The molecule has 2 unspecified atom stereocenters. The van der Waals surface area contributed by atoms with E-state index in [1.807, 2.05) is 0 Å². The summed E-state index contributed by atoms with van der Waals surface area (Å²) in [7, 11) is 0. The van der Waals surface area contributed by atoms with Crippen molar-refractivity contribution in [3.05, 3.63) is 30.1 Å². The summed E-state index contributed by atoms with van der Waals surface area (Å²) in [5, 5.41) is 8.99. The van der Waals surface area contributed by atoms with Crippen LogP contribution < -0.4 is 4.74 Å². The molecule has 0 aliphatic heterocycles. The van der Waals surface area contributed by atoms with Crippen LogP contribution in [0.2, 0.25) is 0 Å². The second-order valence-corrected chi connectivity index (χ2v) is 4.11. The molecule has 0 aromatic heterocycles. The summed E-state index contributed by atoms with van der Waals surface area (Å²) in [5.74, 6) is -0.201. The summed E-state index contributed by atoms with van der Waals surface area (Å²) < 4.78 is 19.0. The van der Waals surface area contributed by atoms with Crippen molar-refractivity contribution in [2.75, 3.05) is 0 Å². The molecule has 0 heterocycles. The maximum atomic E-state index is 13.4. The van der Waals surface area contributed by atoms with Gasteiger partial charge in [0, 0.05) is 0 Å². The first-order valence-corrected chi connectivity index (χ1v) is 5.62. The van der Waals surface area contributed by atoms with Crippen molar-refractivity contribution in [1.29, 1.82) is 5.26 Å². The van der Waals surface area contributed by atoms with E-state index in [1.165, 1.54) is 6.07 Å². The molecule has 0 amide bonds. The van der Waals surface area contributed by atoms with Crippen LogP contribution in [0.3, 0.4) is 0 Å². The number of nitriles is 1. The quantitative estimate of drug-likeness (QED) is 0.764. The number of halogens is 1. The minimum absolute atomic E-state index is 0.103. The molecular weight excluding hydrogens is 205 g/mol. The summed E-state index contributed by atoms with van der Waals surface area (Å²) in [6.45, 7) is 0. The van der Waals surface area contributed by atoms with Crippen LogP contribution in [-0.4, -0.2) is 6.10 Å². The van der Waals surface area contributed by atoms with Crippen LogP contribution in [0.25, 0.3) is 0 Å². The first kappa shape index (κ1) is 10.9. The summed E-state index contributed by atoms with van der Waals surface area (Å²) in [6.07, 6.45) is 3.66. The molecule has 1 saturated carbocycles. The van der Waals surface area contributed by atoms with Crippen molar-refractivity contribution in [2.45, 2.75) is 31.8 Å². The molecule has 1 aromatic carbocycles. The minimum Gasteiger partial charge on any atom is -0.486 e. The predicted molar refractivity (Wildman–Crippen MR) is 58.4 cm³/mol. The first-order chi connectivity index (χ1) is 7.81. The standard InChI is InChI=1S/C13H14FNO/c14-11-6-2-4-8-13(11)16-12-7-3-1-5-10(12)9-15/h2,4,6,8,10,12H,1,3,5,7H2. The molecule has 2 atom stereocenters. The lowest BCUT2D eigenvalue weighted by Gasteiger charge is -2.27. The maximum absolute atomic E-state index is 13.4. The highest BCUT2D eigenvalue weighted by atomic mass is 19.1. The highest BCUT2D eigenvalue weighted by molar-refractivity contribution is 5.24. The molecule has 0 radical (unpaired) electrons. The van der Waals surface area contributed by atoms with Crippen LogP contribution >= 0.6 is 0 Å². The highest BCUT2D eigenvalue weighted by Crippen LogP contribution is 2.28. The van der Waals surface area contributed by atoms with Crippen molar-refractivity contribution >= 4 is 0 Å². The number of benzene rings is 1. The van der Waals surface area contributed by atoms with E-state index in [9.17, 15) is 4.39 Å². The van der Waals surface area contributed by atoms with Crippen molar-refractivity contribution in [1.82, 2.24) is 0 Å². The normalized spacial score (nSPS) is 24.8. The van der Waals surface area contributed by atoms with E-state index in [2.05, 4.69) is 6.07 Å². The molecule has 3 heteroatoms. The molecule has 0 bridgehead atoms. The van der Waals surface area contributed by atoms with Crippen molar-refractivity contribution in [2.24, 2.45) is 5.92 Å². The zero-order chi connectivity index (χ0) is 11.4. The Bertz CT molecular complexity index is 399. The van der Waals surface area contributed by atoms with E-state index >= 15 is 0 Å². The Morgan fingerprint density at radius 1 is 1.25 bits per heavy atom. The number of rotatable bonds is 2. The molecule has 2 nitrogen and oxygen atoms in total. The van der Waals surface area contributed by atoms with Gasteiger partial charge in [0.05, 0.1) is 12.0 Å². The first-order valence-electron chi connectivity index (χ1n) is 5.62. The maximum Gasteiger partial charge on any atom is 0.165 e. The smallest absolute Gasteiger partial charge is 0.165 e. The Morgan fingerprint density at radius 2 is 2.00 bits per heavy atom. The number of hydrogen-bond acceptors (Lipinski definition) is 2. The van der Waals surface area contributed by atoms with E-state index in [0.29, 0.717) is 0 Å². The van der Waals surface area contributed by atoms with Crippen LogP contribution in [0.4, 0.5) is 4.39 Å². The molecule has 2 rings (SSSR count).